The normalized spacial score (nSPS) is 12.7. The van der Waals surface area contributed by atoms with Crippen LogP contribution in [0.15, 0.2) is 0 Å². The van der Waals surface area contributed by atoms with Gasteiger partial charge in [-0.1, -0.05) is 20.8 Å². The van der Waals surface area contributed by atoms with Gasteiger partial charge in [0.15, 0.2) is 0 Å². The fraction of sp³-hybridized carbons (Fsp3) is 0.750. The molecule has 1 aromatic rings. The van der Waals surface area contributed by atoms with Crippen LogP contribution in [0.3, 0.4) is 0 Å². The Hall–Kier alpha value is -0.960. The molecule has 108 valence electrons. The van der Waals surface area contributed by atoms with Crippen molar-refractivity contribution >= 4 is 0 Å². The second-order valence-electron chi connectivity index (χ2n) is 5.39. The Bertz CT molecular complexity index is 365. The van der Waals surface area contributed by atoms with Crippen LogP contribution in [0, 0.1) is 13.8 Å². The molecule has 1 unspecified atom stereocenters. The van der Waals surface area contributed by atoms with Crippen molar-refractivity contribution in [3.8, 4) is 0 Å². The van der Waals surface area contributed by atoms with Crippen molar-refractivity contribution in [3.63, 3.8) is 0 Å². The molecule has 0 radical (unpaired) electrons. The number of hydrogen-bond acceptors (Lipinski definition) is 3. The molecule has 0 aliphatic rings. The van der Waals surface area contributed by atoms with Gasteiger partial charge in [-0.2, -0.15) is 0 Å². The fourth-order valence-corrected chi connectivity index (χ4v) is 2.22. The second kappa shape index (κ2) is 8.26. The van der Waals surface area contributed by atoms with Gasteiger partial charge in [0, 0.05) is 17.3 Å². The van der Waals surface area contributed by atoms with Crippen LogP contribution in [0.2, 0.25) is 0 Å². The first-order valence-corrected chi connectivity index (χ1v) is 7.64. The lowest BCUT2D eigenvalue weighted by Crippen LogP contribution is -2.17. The summed E-state index contributed by atoms with van der Waals surface area (Å²) < 4.78 is 0. The second-order valence-corrected chi connectivity index (χ2v) is 5.39. The van der Waals surface area contributed by atoms with Crippen molar-refractivity contribution in [3.05, 3.63) is 22.8 Å². The Morgan fingerprint density at radius 2 is 1.68 bits per heavy atom. The van der Waals surface area contributed by atoms with Crippen molar-refractivity contribution in [1.29, 1.82) is 0 Å². The molecule has 1 atom stereocenters. The molecule has 0 saturated carbocycles. The molecule has 1 N–H and O–H groups in total. The molecule has 0 aliphatic heterocycles. The van der Waals surface area contributed by atoms with Gasteiger partial charge >= 0.3 is 0 Å². The van der Waals surface area contributed by atoms with E-state index < -0.39 is 0 Å². The van der Waals surface area contributed by atoms with Crippen LogP contribution >= 0.6 is 0 Å². The number of hydrogen-bond donors (Lipinski definition) is 1. The number of nitrogens with zero attached hydrogens (tertiary/aromatic N) is 2. The average Bonchev–Trinajstić information content (AvgIpc) is 2.40. The van der Waals surface area contributed by atoms with Crippen LogP contribution in [-0.4, -0.2) is 23.1 Å². The first kappa shape index (κ1) is 16.1. The molecular weight excluding hydrogens is 234 g/mol. The molecule has 1 aromatic heterocycles. The summed E-state index contributed by atoms with van der Waals surface area (Å²) in [6.07, 6.45) is 4.53. The Morgan fingerprint density at radius 1 is 1.05 bits per heavy atom. The number of aryl methyl sites for hydroxylation is 2. The SMILES string of the molecule is CCCNCCCc1c(C)nc(C(C)CC)nc1C. The number of nitrogens with one attached hydrogen (secondary N) is 1. The summed E-state index contributed by atoms with van der Waals surface area (Å²) in [6, 6.07) is 0. The van der Waals surface area contributed by atoms with Crippen LogP contribution in [0.25, 0.3) is 0 Å². The minimum absolute atomic E-state index is 0.456. The molecule has 0 fully saturated rings. The zero-order valence-corrected chi connectivity index (χ0v) is 13.2. The Balaban J connectivity index is 2.64. The maximum absolute atomic E-state index is 4.69. The molecule has 3 nitrogen and oxygen atoms in total. The molecular formula is C16H29N3. The van der Waals surface area contributed by atoms with Gasteiger partial charge in [0.1, 0.15) is 5.82 Å². The summed E-state index contributed by atoms with van der Waals surface area (Å²) in [5.74, 6) is 1.46. The van der Waals surface area contributed by atoms with Gasteiger partial charge in [0.05, 0.1) is 0 Å². The fourth-order valence-electron chi connectivity index (χ4n) is 2.22. The van der Waals surface area contributed by atoms with Gasteiger partial charge in [-0.25, -0.2) is 9.97 Å². The van der Waals surface area contributed by atoms with Crippen molar-refractivity contribution in [1.82, 2.24) is 15.3 Å². The van der Waals surface area contributed by atoms with Gasteiger partial charge < -0.3 is 5.32 Å². The molecule has 0 bridgehead atoms. The summed E-state index contributed by atoms with van der Waals surface area (Å²) in [5, 5.41) is 3.44. The van der Waals surface area contributed by atoms with E-state index in [1.54, 1.807) is 0 Å². The zero-order valence-electron chi connectivity index (χ0n) is 13.2. The highest BCUT2D eigenvalue weighted by Gasteiger charge is 2.12. The topological polar surface area (TPSA) is 37.8 Å². The maximum Gasteiger partial charge on any atom is 0.131 e. The van der Waals surface area contributed by atoms with E-state index in [1.165, 1.54) is 23.4 Å². The average molecular weight is 263 g/mol. The highest BCUT2D eigenvalue weighted by atomic mass is 14.9. The smallest absolute Gasteiger partial charge is 0.131 e. The van der Waals surface area contributed by atoms with Gasteiger partial charge in [0.25, 0.3) is 0 Å². The molecule has 0 aromatic carbocycles. The Kier molecular flexibility index (Phi) is 7.00. The molecule has 3 heteroatoms. The lowest BCUT2D eigenvalue weighted by molar-refractivity contribution is 0.630. The van der Waals surface area contributed by atoms with Gasteiger partial charge in [-0.3, -0.25) is 0 Å². The third-order valence-electron chi connectivity index (χ3n) is 3.70. The van der Waals surface area contributed by atoms with Gasteiger partial charge in [-0.15, -0.1) is 0 Å². The highest BCUT2D eigenvalue weighted by molar-refractivity contribution is 5.25. The first-order chi connectivity index (χ1) is 9.10. The maximum atomic E-state index is 4.69. The molecule has 19 heavy (non-hydrogen) atoms. The Labute approximate surface area is 118 Å². The van der Waals surface area contributed by atoms with Crippen LogP contribution in [0.4, 0.5) is 0 Å². The minimum Gasteiger partial charge on any atom is -0.317 e. The predicted octanol–water partition coefficient (Wildman–Crippen LogP) is 3.54. The molecule has 0 amide bonds. The van der Waals surface area contributed by atoms with E-state index in [1.807, 2.05) is 0 Å². The summed E-state index contributed by atoms with van der Waals surface area (Å²) in [4.78, 5) is 9.38. The van der Waals surface area contributed by atoms with Crippen LogP contribution < -0.4 is 5.32 Å². The lowest BCUT2D eigenvalue weighted by Gasteiger charge is -2.14. The first-order valence-electron chi connectivity index (χ1n) is 7.64. The largest absolute Gasteiger partial charge is 0.317 e. The van der Waals surface area contributed by atoms with Crippen molar-refractivity contribution in [2.24, 2.45) is 0 Å². The Morgan fingerprint density at radius 3 is 2.21 bits per heavy atom. The predicted molar refractivity (Wildman–Crippen MR) is 81.7 cm³/mol. The number of rotatable bonds is 8. The van der Waals surface area contributed by atoms with Crippen molar-refractivity contribution < 1.29 is 0 Å². The zero-order chi connectivity index (χ0) is 14.3. The van der Waals surface area contributed by atoms with Gasteiger partial charge in [-0.05, 0) is 58.2 Å². The third kappa shape index (κ3) is 4.90. The van der Waals surface area contributed by atoms with Crippen molar-refractivity contribution in [2.75, 3.05) is 13.1 Å². The molecule has 1 rings (SSSR count). The van der Waals surface area contributed by atoms with E-state index in [0.29, 0.717) is 5.92 Å². The summed E-state index contributed by atoms with van der Waals surface area (Å²) >= 11 is 0. The van der Waals surface area contributed by atoms with Crippen LogP contribution in [0.1, 0.15) is 68.7 Å². The van der Waals surface area contributed by atoms with E-state index in [4.69, 9.17) is 0 Å². The highest BCUT2D eigenvalue weighted by Crippen LogP contribution is 2.19. The van der Waals surface area contributed by atoms with Crippen LogP contribution in [-0.2, 0) is 6.42 Å². The van der Waals surface area contributed by atoms with E-state index in [2.05, 4.69) is 49.9 Å². The standard InChI is InChI=1S/C16H29N3/c1-6-10-17-11-8-9-15-13(4)18-16(12(3)7-2)19-14(15)5/h12,17H,6-11H2,1-5H3. The quantitative estimate of drug-likeness (QED) is 0.729. The van der Waals surface area contributed by atoms with Crippen LogP contribution in [0.5, 0.6) is 0 Å². The molecule has 0 aliphatic carbocycles. The summed E-state index contributed by atoms with van der Waals surface area (Å²) in [6.45, 7) is 13.0. The molecule has 1 heterocycles. The number of aromatic nitrogens is 2. The van der Waals surface area contributed by atoms with Gasteiger partial charge in [0.2, 0.25) is 0 Å². The van der Waals surface area contributed by atoms with E-state index >= 15 is 0 Å². The van der Waals surface area contributed by atoms with E-state index in [0.717, 1.165) is 38.2 Å². The monoisotopic (exact) mass is 263 g/mol. The minimum atomic E-state index is 0.456. The lowest BCUT2D eigenvalue weighted by atomic mass is 10.0. The third-order valence-corrected chi connectivity index (χ3v) is 3.70. The molecule has 0 saturated heterocycles. The molecule has 0 spiro atoms. The summed E-state index contributed by atoms with van der Waals surface area (Å²) in [7, 11) is 0. The summed E-state index contributed by atoms with van der Waals surface area (Å²) in [5.41, 5.74) is 3.67. The van der Waals surface area contributed by atoms with E-state index in [9.17, 15) is 0 Å². The van der Waals surface area contributed by atoms with E-state index in [-0.39, 0.29) is 0 Å². The van der Waals surface area contributed by atoms with Crippen molar-refractivity contribution in [2.45, 2.75) is 66.2 Å².